The summed E-state index contributed by atoms with van der Waals surface area (Å²) >= 11 is 0. The van der Waals surface area contributed by atoms with Gasteiger partial charge in [-0.3, -0.25) is 4.79 Å². The molecule has 134 valence electrons. The number of aromatic nitrogens is 1. The van der Waals surface area contributed by atoms with Crippen molar-refractivity contribution in [3.63, 3.8) is 0 Å². The van der Waals surface area contributed by atoms with Gasteiger partial charge in [-0.2, -0.15) is 0 Å². The standard InChI is InChI=1S/C20H28N4O/c1-16(2)24(15-17-8-6-5-7-9-17)19-14-18(10-11-21-19)20(25)22-12-13-23(3)4/h5-11,14,16H,12-13,15H2,1-4H3,(H,22,25). The Hall–Kier alpha value is -2.40. The lowest BCUT2D eigenvalue weighted by molar-refractivity contribution is 0.0951. The largest absolute Gasteiger partial charge is 0.351 e. The van der Waals surface area contributed by atoms with Crippen LogP contribution < -0.4 is 10.2 Å². The predicted octanol–water partition coefficient (Wildman–Crippen LogP) is 2.79. The van der Waals surface area contributed by atoms with Crippen molar-refractivity contribution in [1.82, 2.24) is 15.2 Å². The van der Waals surface area contributed by atoms with E-state index in [2.05, 4.69) is 41.2 Å². The molecule has 0 aliphatic rings. The smallest absolute Gasteiger partial charge is 0.251 e. The maximum absolute atomic E-state index is 12.4. The number of amides is 1. The Bertz CT molecular complexity index is 670. The SMILES string of the molecule is CC(C)N(Cc1ccccc1)c1cc(C(=O)NCCN(C)C)ccn1. The molecule has 0 saturated carbocycles. The van der Waals surface area contributed by atoms with Crippen LogP contribution in [0.5, 0.6) is 0 Å². The Morgan fingerprint density at radius 2 is 1.88 bits per heavy atom. The first-order chi connectivity index (χ1) is 12.0. The minimum Gasteiger partial charge on any atom is -0.351 e. The van der Waals surface area contributed by atoms with Crippen LogP contribution in [0, 0.1) is 0 Å². The van der Waals surface area contributed by atoms with Crippen LogP contribution in [0.15, 0.2) is 48.7 Å². The number of hydrogen-bond acceptors (Lipinski definition) is 4. The van der Waals surface area contributed by atoms with Crippen LogP contribution in [-0.4, -0.2) is 49.0 Å². The molecule has 0 saturated heterocycles. The van der Waals surface area contributed by atoms with Crippen molar-refractivity contribution in [1.29, 1.82) is 0 Å². The zero-order valence-electron chi connectivity index (χ0n) is 15.6. The van der Waals surface area contributed by atoms with Gasteiger partial charge in [-0.05, 0) is 45.6 Å². The molecule has 25 heavy (non-hydrogen) atoms. The van der Waals surface area contributed by atoms with Crippen molar-refractivity contribution >= 4 is 11.7 Å². The summed E-state index contributed by atoms with van der Waals surface area (Å²) in [6.45, 7) is 6.47. The normalized spacial score (nSPS) is 11.0. The van der Waals surface area contributed by atoms with Gasteiger partial charge in [-0.15, -0.1) is 0 Å². The molecule has 1 aromatic heterocycles. The second-order valence-electron chi connectivity index (χ2n) is 6.67. The van der Waals surface area contributed by atoms with Crippen molar-refractivity contribution in [2.24, 2.45) is 0 Å². The Kier molecular flexibility index (Phi) is 6.95. The van der Waals surface area contributed by atoms with Crippen molar-refractivity contribution < 1.29 is 4.79 Å². The minimum absolute atomic E-state index is 0.0612. The zero-order chi connectivity index (χ0) is 18.2. The quantitative estimate of drug-likeness (QED) is 0.803. The summed E-state index contributed by atoms with van der Waals surface area (Å²) in [7, 11) is 3.97. The number of rotatable bonds is 8. The van der Waals surface area contributed by atoms with Crippen LogP contribution >= 0.6 is 0 Å². The molecule has 1 amide bonds. The first kappa shape index (κ1) is 18.9. The van der Waals surface area contributed by atoms with E-state index in [0.717, 1.165) is 18.9 Å². The molecule has 2 rings (SSSR count). The summed E-state index contributed by atoms with van der Waals surface area (Å²) in [4.78, 5) is 21.1. The predicted molar refractivity (Wildman–Crippen MR) is 103 cm³/mol. The molecule has 0 aliphatic heterocycles. The topological polar surface area (TPSA) is 48.5 Å². The number of hydrogen-bond donors (Lipinski definition) is 1. The van der Waals surface area contributed by atoms with Crippen LogP contribution in [0.3, 0.4) is 0 Å². The molecule has 0 atom stereocenters. The Labute approximate surface area is 150 Å². The van der Waals surface area contributed by atoms with Gasteiger partial charge in [-0.1, -0.05) is 30.3 Å². The molecule has 1 heterocycles. The molecule has 0 fully saturated rings. The lowest BCUT2D eigenvalue weighted by Gasteiger charge is -2.28. The number of anilines is 1. The molecule has 5 heteroatoms. The number of benzene rings is 1. The number of carbonyl (C=O) groups excluding carboxylic acids is 1. The van der Waals surface area contributed by atoms with Gasteiger partial charge < -0.3 is 15.1 Å². The van der Waals surface area contributed by atoms with E-state index in [-0.39, 0.29) is 11.9 Å². The third-order valence-corrected chi connectivity index (χ3v) is 3.97. The molecule has 2 aromatic rings. The van der Waals surface area contributed by atoms with Crippen molar-refractivity contribution in [3.8, 4) is 0 Å². The van der Waals surface area contributed by atoms with Crippen molar-refractivity contribution in [2.45, 2.75) is 26.4 Å². The van der Waals surface area contributed by atoms with Crippen molar-refractivity contribution in [2.75, 3.05) is 32.1 Å². The zero-order valence-corrected chi connectivity index (χ0v) is 15.6. The summed E-state index contributed by atoms with van der Waals surface area (Å²) in [5.74, 6) is 0.757. The summed E-state index contributed by atoms with van der Waals surface area (Å²) < 4.78 is 0. The Balaban J connectivity index is 2.12. The second-order valence-corrected chi connectivity index (χ2v) is 6.67. The van der Waals surface area contributed by atoms with Gasteiger partial charge in [0.25, 0.3) is 5.91 Å². The molecular weight excluding hydrogens is 312 g/mol. The molecule has 1 aromatic carbocycles. The van der Waals surface area contributed by atoms with E-state index in [9.17, 15) is 4.79 Å². The highest BCUT2D eigenvalue weighted by molar-refractivity contribution is 5.94. The fraction of sp³-hybridized carbons (Fsp3) is 0.400. The van der Waals surface area contributed by atoms with Crippen LogP contribution in [0.25, 0.3) is 0 Å². The molecule has 5 nitrogen and oxygen atoms in total. The second kappa shape index (κ2) is 9.18. The third kappa shape index (κ3) is 5.87. The van der Waals surface area contributed by atoms with E-state index in [1.807, 2.05) is 43.3 Å². The van der Waals surface area contributed by atoms with Gasteiger partial charge >= 0.3 is 0 Å². The Morgan fingerprint density at radius 1 is 1.16 bits per heavy atom. The molecule has 1 N–H and O–H groups in total. The third-order valence-electron chi connectivity index (χ3n) is 3.97. The van der Waals surface area contributed by atoms with Crippen LogP contribution in [0.4, 0.5) is 5.82 Å². The number of carbonyl (C=O) groups is 1. The Morgan fingerprint density at radius 3 is 2.52 bits per heavy atom. The van der Waals surface area contributed by atoms with Gasteiger partial charge in [-0.25, -0.2) is 4.98 Å². The average Bonchev–Trinajstić information content (AvgIpc) is 2.60. The summed E-state index contributed by atoms with van der Waals surface area (Å²) in [5.41, 5.74) is 1.86. The van der Waals surface area contributed by atoms with Gasteiger partial charge in [0.1, 0.15) is 5.82 Å². The van der Waals surface area contributed by atoms with Crippen LogP contribution in [0.1, 0.15) is 29.8 Å². The van der Waals surface area contributed by atoms with E-state index in [1.165, 1.54) is 5.56 Å². The molecule has 0 spiro atoms. The number of nitrogens with zero attached hydrogens (tertiary/aromatic N) is 3. The van der Waals surface area contributed by atoms with E-state index in [0.29, 0.717) is 12.1 Å². The molecular formula is C20H28N4O. The first-order valence-corrected chi connectivity index (χ1v) is 8.67. The van der Waals surface area contributed by atoms with Crippen LogP contribution in [-0.2, 0) is 6.54 Å². The summed E-state index contributed by atoms with van der Waals surface area (Å²) in [5, 5.41) is 2.95. The molecule has 0 radical (unpaired) electrons. The molecule has 0 bridgehead atoms. The number of likely N-dealkylation sites (N-methyl/N-ethyl adjacent to an activating group) is 1. The summed E-state index contributed by atoms with van der Waals surface area (Å²) in [6, 6.07) is 14.2. The summed E-state index contributed by atoms with van der Waals surface area (Å²) in [6.07, 6.45) is 1.70. The number of pyridine rings is 1. The highest BCUT2D eigenvalue weighted by atomic mass is 16.1. The monoisotopic (exact) mass is 340 g/mol. The lowest BCUT2D eigenvalue weighted by Crippen LogP contribution is -2.33. The van der Waals surface area contributed by atoms with E-state index >= 15 is 0 Å². The lowest BCUT2D eigenvalue weighted by atomic mass is 10.1. The first-order valence-electron chi connectivity index (χ1n) is 8.67. The van der Waals surface area contributed by atoms with Gasteiger partial charge in [0.15, 0.2) is 0 Å². The fourth-order valence-corrected chi connectivity index (χ4v) is 2.52. The van der Waals surface area contributed by atoms with E-state index < -0.39 is 0 Å². The van der Waals surface area contributed by atoms with Crippen LogP contribution in [0.2, 0.25) is 0 Å². The number of nitrogens with one attached hydrogen (secondary N) is 1. The van der Waals surface area contributed by atoms with Gasteiger partial charge in [0, 0.05) is 37.4 Å². The van der Waals surface area contributed by atoms with Crippen molar-refractivity contribution in [3.05, 3.63) is 59.8 Å². The molecule has 0 aliphatic carbocycles. The fourth-order valence-electron chi connectivity index (χ4n) is 2.52. The highest BCUT2D eigenvalue weighted by Gasteiger charge is 2.15. The van der Waals surface area contributed by atoms with E-state index in [1.54, 1.807) is 12.3 Å². The molecule has 0 unspecified atom stereocenters. The maximum atomic E-state index is 12.4. The van der Waals surface area contributed by atoms with E-state index in [4.69, 9.17) is 0 Å². The highest BCUT2D eigenvalue weighted by Crippen LogP contribution is 2.19. The van der Waals surface area contributed by atoms with Gasteiger partial charge in [0.05, 0.1) is 0 Å². The average molecular weight is 340 g/mol. The minimum atomic E-state index is -0.0612. The van der Waals surface area contributed by atoms with Gasteiger partial charge in [0.2, 0.25) is 0 Å². The maximum Gasteiger partial charge on any atom is 0.251 e.